The van der Waals surface area contributed by atoms with Crippen LogP contribution in [0.4, 0.5) is 27.9 Å². The van der Waals surface area contributed by atoms with Gasteiger partial charge in [-0.2, -0.15) is 4.98 Å². The van der Waals surface area contributed by atoms with Crippen molar-refractivity contribution < 1.29 is 14.4 Å². The van der Waals surface area contributed by atoms with E-state index in [1.807, 2.05) is 98.8 Å². The molecule has 2 aromatic carbocycles. The standard InChI is InChI=1S/C41H41N9O3/c1-4-5-14-33-32-13-9-10-15-35(32)49(24-28-11-7-6-8-12-28)39(52)34(46-33)21-37(51)44-30-18-16-26(2)36(20-30)50-25-29-22-43-40(47-38(29)48-41(50)53)45-31-19-17-27(3)42-23-31/h4,6-13,15-17,19-20,22-23,30,34H,1,5,14,18,21,24-25H2,2-3H3,(H,44,51)(H2,43,45,47,48,53)/t30?,34-/m0/s1. The van der Waals surface area contributed by atoms with E-state index in [-0.39, 0.29) is 30.8 Å². The maximum absolute atomic E-state index is 14.3. The van der Waals surface area contributed by atoms with Gasteiger partial charge in [0, 0.05) is 34.4 Å². The third-order valence-corrected chi connectivity index (χ3v) is 9.43. The Hall–Kier alpha value is -6.43. The van der Waals surface area contributed by atoms with E-state index in [9.17, 15) is 14.4 Å². The average Bonchev–Trinajstić information content (AvgIpc) is 3.26. The van der Waals surface area contributed by atoms with Gasteiger partial charge in [-0.25, -0.2) is 9.78 Å². The SMILES string of the molecule is C=CCCC1=N[C@@H](CC(=O)NC2C=C(N3Cc4cnc(Nc5ccc(C)nc5)nc4NC3=O)C(C)=CC2)C(=O)N(Cc2ccccc2)c2ccccc21. The number of allylic oxidation sites excluding steroid dienone is 2. The summed E-state index contributed by atoms with van der Waals surface area (Å²) in [4.78, 5) is 63.0. The van der Waals surface area contributed by atoms with Crippen LogP contribution in [0.1, 0.15) is 55.0 Å². The van der Waals surface area contributed by atoms with E-state index >= 15 is 0 Å². The molecule has 0 fully saturated rings. The molecule has 1 unspecified atom stereocenters. The molecular weight excluding hydrogens is 667 g/mol. The minimum Gasteiger partial charge on any atom is -0.349 e. The summed E-state index contributed by atoms with van der Waals surface area (Å²) >= 11 is 0. The highest BCUT2D eigenvalue weighted by molar-refractivity contribution is 6.13. The number of anilines is 4. The molecule has 4 heterocycles. The quantitative estimate of drug-likeness (QED) is 0.146. The van der Waals surface area contributed by atoms with Crippen molar-refractivity contribution >= 4 is 46.7 Å². The third kappa shape index (κ3) is 7.91. The first-order valence-corrected chi connectivity index (χ1v) is 17.7. The minimum absolute atomic E-state index is 0.123. The summed E-state index contributed by atoms with van der Waals surface area (Å²) in [6, 6.07) is 19.7. The summed E-state index contributed by atoms with van der Waals surface area (Å²) in [5.41, 5.74) is 7.36. The lowest BCUT2D eigenvalue weighted by Gasteiger charge is -2.33. The molecule has 268 valence electrons. The summed E-state index contributed by atoms with van der Waals surface area (Å²) in [7, 11) is 0. The van der Waals surface area contributed by atoms with Crippen LogP contribution in [-0.4, -0.2) is 55.5 Å². The number of aliphatic imine (C=N–C) groups is 1. The summed E-state index contributed by atoms with van der Waals surface area (Å²) < 4.78 is 0. The van der Waals surface area contributed by atoms with E-state index in [0.717, 1.165) is 45.0 Å². The third-order valence-electron chi connectivity index (χ3n) is 9.43. The monoisotopic (exact) mass is 707 g/mol. The van der Waals surface area contributed by atoms with Gasteiger partial charge < -0.3 is 15.5 Å². The fraction of sp³-hybridized carbons (Fsp3) is 0.244. The molecule has 3 N–H and O–H groups in total. The Bertz CT molecular complexity index is 2140. The van der Waals surface area contributed by atoms with E-state index < -0.39 is 12.1 Å². The number of rotatable bonds is 11. The number of fused-ring (bicyclic) bond motifs is 2. The molecule has 12 nitrogen and oxygen atoms in total. The second-order valence-electron chi connectivity index (χ2n) is 13.3. The molecule has 7 rings (SSSR count). The van der Waals surface area contributed by atoms with Gasteiger partial charge in [0.15, 0.2) is 0 Å². The zero-order valence-electron chi connectivity index (χ0n) is 29.8. The van der Waals surface area contributed by atoms with Crippen molar-refractivity contribution in [3.05, 3.63) is 138 Å². The summed E-state index contributed by atoms with van der Waals surface area (Å²) in [6.07, 6.45) is 10.8. The molecule has 12 heteroatoms. The van der Waals surface area contributed by atoms with Crippen molar-refractivity contribution in [2.24, 2.45) is 4.99 Å². The molecular formula is C41H41N9O3. The largest absolute Gasteiger partial charge is 0.349 e. The Morgan fingerprint density at radius 1 is 1.02 bits per heavy atom. The highest BCUT2D eigenvalue weighted by atomic mass is 16.2. The van der Waals surface area contributed by atoms with E-state index in [2.05, 4.69) is 37.5 Å². The van der Waals surface area contributed by atoms with Gasteiger partial charge in [-0.15, -0.1) is 6.58 Å². The van der Waals surface area contributed by atoms with Crippen LogP contribution in [-0.2, 0) is 22.7 Å². The lowest BCUT2D eigenvalue weighted by Crippen LogP contribution is -2.43. The first-order valence-electron chi connectivity index (χ1n) is 17.7. The summed E-state index contributed by atoms with van der Waals surface area (Å²) in [5.74, 6) is 0.229. The maximum Gasteiger partial charge on any atom is 0.327 e. The lowest BCUT2D eigenvalue weighted by molar-refractivity contribution is -0.126. The van der Waals surface area contributed by atoms with Crippen molar-refractivity contribution in [2.75, 3.05) is 15.5 Å². The molecule has 4 amide bonds. The molecule has 1 aliphatic carbocycles. The number of aromatic nitrogens is 3. The average molecular weight is 708 g/mol. The number of para-hydroxylation sites is 1. The van der Waals surface area contributed by atoms with Crippen molar-refractivity contribution in [3.8, 4) is 0 Å². The number of nitrogens with zero attached hydrogens (tertiary/aromatic N) is 6. The first-order chi connectivity index (χ1) is 25.7. The van der Waals surface area contributed by atoms with Crippen LogP contribution in [0.5, 0.6) is 0 Å². The lowest BCUT2D eigenvalue weighted by atomic mass is 9.98. The Morgan fingerprint density at radius 2 is 1.83 bits per heavy atom. The minimum atomic E-state index is -0.915. The zero-order chi connectivity index (χ0) is 36.9. The molecule has 0 bridgehead atoms. The van der Waals surface area contributed by atoms with Gasteiger partial charge >= 0.3 is 6.03 Å². The second kappa shape index (κ2) is 15.4. The van der Waals surface area contributed by atoms with Crippen LogP contribution >= 0.6 is 0 Å². The molecule has 2 aromatic heterocycles. The van der Waals surface area contributed by atoms with Crippen molar-refractivity contribution in [1.29, 1.82) is 0 Å². The van der Waals surface area contributed by atoms with E-state index in [4.69, 9.17) is 4.99 Å². The number of carbonyl (C=O) groups excluding carboxylic acids is 3. The second-order valence-corrected chi connectivity index (χ2v) is 13.3. The van der Waals surface area contributed by atoms with Gasteiger partial charge in [0.2, 0.25) is 11.9 Å². The summed E-state index contributed by atoms with van der Waals surface area (Å²) in [5, 5.41) is 9.11. The molecule has 0 radical (unpaired) electrons. The number of nitrogens with one attached hydrogen (secondary N) is 3. The number of aryl methyl sites for hydroxylation is 1. The number of pyridine rings is 1. The Morgan fingerprint density at radius 3 is 2.62 bits per heavy atom. The predicted octanol–water partition coefficient (Wildman–Crippen LogP) is 6.75. The van der Waals surface area contributed by atoms with Crippen LogP contribution < -0.4 is 20.9 Å². The van der Waals surface area contributed by atoms with E-state index in [1.54, 1.807) is 22.2 Å². The van der Waals surface area contributed by atoms with Crippen LogP contribution in [0.25, 0.3) is 0 Å². The van der Waals surface area contributed by atoms with Crippen LogP contribution in [0, 0.1) is 6.92 Å². The number of urea groups is 1. The molecule has 2 aliphatic heterocycles. The van der Waals surface area contributed by atoms with Gasteiger partial charge in [0.1, 0.15) is 11.9 Å². The molecule has 4 aromatic rings. The fourth-order valence-electron chi connectivity index (χ4n) is 6.67. The summed E-state index contributed by atoms with van der Waals surface area (Å²) in [6.45, 7) is 8.33. The normalized spacial score (nSPS) is 18.0. The number of hydrogen-bond acceptors (Lipinski definition) is 8. The Kier molecular flexibility index (Phi) is 10.2. The topological polar surface area (TPSA) is 145 Å². The van der Waals surface area contributed by atoms with Crippen LogP contribution in [0.15, 0.2) is 120 Å². The molecule has 3 aliphatic rings. The van der Waals surface area contributed by atoms with Crippen molar-refractivity contribution in [1.82, 2.24) is 25.2 Å². The predicted molar refractivity (Wildman–Crippen MR) is 206 cm³/mol. The molecule has 2 atom stereocenters. The highest BCUT2D eigenvalue weighted by Crippen LogP contribution is 2.32. The van der Waals surface area contributed by atoms with Gasteiger partial charge in [-0.1, -0.05) is 60.7 Å². The van der Waals surface area contributed by atoms with E-state index in [1.165, 1.54) is 0 Å². The number of benzene rings is 2. The smallest absolute Gasteiger partial charge is 0.327 e. The number of carbonyl (C=O) groups is 3. The number of hydrogen-bond donors (Lipinski definition) is 3. The van der Waals surface area contributed by atoms with Gasteiger partial charge in [0.25, 0.3) is 5.91 Å². The fourth-order valence-corrected chi connectivity index (χ4v) is 6.67. The van der Waals surface area contributed by atoms with Crippen molar-refractivity contribution in [2.45, 2.75) is 64.7 Å². The van der Waals surface area contributed by atoms with Crippen LogP contribution in [0.3, 0.4) is 0 Å². The van der Waals surface area contributed by atoms with Gasteiger partial charge in [-0.05, 0) is 68.5 Å². The van der Waals surface area contributed by atoms with Crippen LogP contribution in [0.2, 0.25) is 0 Å². The van der Waals surface area contributed by atoms with Crippen molar-refractivity contribution in [3.63, 3.8) is 0 Å². The highest BCUT2D eigenvalue weighted by Gasteiger charge is 2.34. The number of amides is 4. The van der Waals surface area contributed by atoms with E-state index in [0.29, 0.717) is 43.3 Å². The van der Waals surface area contributed by atoms with Gasteiger partial charge in [0.05, 0.1) is 43.1 Å². The zero-order valence-corrected chi connectivity index (χ0v) is 29.8. The molecule has 0 saturated heterocycles. The Balaban J connectivity index is 1.07. The maximum atomic E-state index is 14.3. The van der Waals surface area contributed by atoms with Gasteiger partial charge in [-0.3, -0.25) is 29.8 Å². The molecule has 53 heavy (non-hydrogen) atoms. The number of benzodiazepines with no additional fused rings is 1. The molecule has 0 saturated carbocycles. The molecule has 0 spiro atoms. The Labute approximate surface area is 308 Å². The first kappa shape index (κ1) is 35.0.